The van der Waals surface area contributed by atoms with Gasteiger partial charge in [-0.1, -0.05) is 30.3 Å². The first-order chi connectivity index (χ1) is 10.1. The maximum Gasteiger partial charge on any atom is 0.251 e. The van der Waals surface area contributed by atoms with E-state index in [2.05, 4.69) is 0 Å². The van der Waals surface area contributed by atoms with Gasteiger partial charge in [-0.05, 0) is 36.1 Å². The number of para-hydroxylation sites is 1. The third-order valence-electron chi connectivity index (χ3n) is 3.81. The molecule has 1 aliphatic rings. The summed E-state index contributed by atoms with van der Waals surface area (Å²) in [4.78, 5) is 11.4. The van der Waals surface area contributed by atoms with Crippen LogP contribution in [0.1, 0.15) is 21.5 Å². The molecule has 3 rings (SSSR count). The van der Waals surface area contributed by atoms with Crippen molar-refractivity contribution in [2.75, 3.05) is 6.61 Å². The Bertz CT molecular complexity index is 684. The molecule has 1 heterocycles. The summed E-state index contributed by atoms with van der Waals surface area (Å²) in [5.41, 5.74) is 7.08. The predicted octanol–water partition coefficient (Wildman–Crippen LogP) is 2.72. The summed E-state index contributed by atoms with van der Waals surface area (Å²) in [6.07, 6.45) is 1.43. The van der Waals surface area contributed by atoms with Gasteiger partial charge in [0.25, 0.3) is 5.91 Å². The van der Waals surface area contributed by atoms with Gasteiger partial charge in [0, 0.05) is 5.92 Å². The predicted molar refractivity (Wildman–Crippen MR) is 77.8 cm³/mol. The summed E-state index contributed by atoms with van der Waals surface area (Å²) in [5.74, 6) is -0.166. The third-order valence-corrected chi connectivity index (χ3v) is 3.81. The molecule has 2 N–H and O–H groups in total. The van der Waals surface area contributed by atoms with Gasteiger partial charge in [0.15, 0.2) is 0 Å². The lowest BCUT2D eigenvalue weighted by Gasteiger charge is -2.25. The molecule has 1 atom stereocenters. The summed E-state index contributed by atoms with van der Waals surface area (Å²) < 4.78 is 19.5. The molecule has 0 spiro atoms. The minimum Gasteiger partial charge on any atom is -0.493 e. The SMILES string of the molecule is NC(=O)c1c(F)cccc1C[C@H]1COc2ccccc2C1. The number of fused-ring (bicyclic) bond motifs is 1. The van der Waals surface area contributed by atoms with Crippen LogP contribution in [0.2, 0.25) is 0 Å². The van der Waals surface area contributed by atoms with Crippen LogP contribution in [0.15, 0.2) is 42.5 Å². The maximum absolute atomic E-state index is 13.8. The number of amides is 1. The summed E-state index contributed by atoms with van der Waals surface area (Å²) in [5, 5.41) is 0. The highest BCUT2D eigenvalue weighted by atomic mass is 19.1. The van der Waals surface area contributed by atoms with Crippen molar-refractivity contribution in [3.63, 3.8) is 0 Å². The molecule has 2 aromatic rings. The lowest BCUT2D eigenvalue weighted by Crippen LogP contribution is -2.24. The molecule has 1 amide bonds. The number of carbonyl (C=O) groups is 1. The molecule has 21 heavy (non-hydrogen) atoms. The quantitative estimate of drug-likeness (QED) is 0.942. The number of hydrogen-bond acceptors (Lipinski definition) is 2. The van der Waals surface area contributed by atoms with Crippen LogP contribution in [-0.4, -0.2) is 12.5 Å². The van der Waals surface area contributed by atoms with Crippen LogP contribution in [0, 0.1) is 11.7 Å². The number of primary amides is 1. The highest BCUT2D eigenvalue weighted by Gasteiger charge is 2.22. The fraction of sp³-hybridized carbons (Fsp3) is 0.235. The van der Waals surface area contributed by atoms with E-state index in [4.69, 9.17) is 10.5 Å². The average Bonchev–Trinajstić information content (AvgIpc) is 2.47. The fourth-order valence-electron chi connectivity index (χ4n) is 2.85. The number of carbonyl (C=O) groups excluding carboxylic acids is 1. The van der Waals surface area contributed by atoms with E-state index >= 15 is 0 Å². The Morgan fingerprint density at radius 1 is 1.24 bits per heavy atom. The standard InChI is InChI=1S/C17H16FNO2/c18-14-6-3-5-13(16(14)17(19)20)9-11-8-12-4-1-2-7-15(12)21-10-11/h1-7,11H,8-10H2,(H2,19,20)/t11-/m0/s1. The first-order valence-corrected chi connectivity index (χ1v) is 6.93. The van der Waals surface area contributed by atoms with Gasteiger partial charge in [0.2, 0.25) is 0 Å². The molecule has 0 radical (unpaired) electrons. The monoisotopic (exact) mass is 285 g/mol. The summed E-state index contributed by atoms with van der Waals surface area (Å²) in [7, 11) is 0. The lowest BCUT2D eigenvalue weighted by atomic mass is 9.89. The van der Waals surface area contributed by atoms with Crippen molar-refractivity contribution in [1.82, 2.24) is 0 Å². The maximum atomic E-state index is 13.8. The van der Waals surface area contributed by atoms with Crippen LogP contribution in [0.5, 0.6) is 5.75 Å². The van der Waals surface area contributed by atoms with Gasteiger partial charge in [-0.3, -0.25) is 4.79 Å². The molecule has 0 saturated carbocycles. The van der Waals surface area contributed by atoms with Crippen LogP contribution in [0.25, 0.3) is 0 Å². The first kappa shape index (κ1) is 13.6. The molecular weight excluding hydrogens is 269 g/mol. The molecule has 4 heteroatoms. The molecule has 0 bridgehead atoms. The molecule has 108 valence electrons. The van der Waals surface area contributed by atoms with E-state index in [-0.39, 0.29) is 11.5 Å². The molecular formula is C17H16FNO2. The van der Waals surface area contributed by atoms with Crippen molar-refractivity contribution >= 4 is 5.91 Å². The minimum absolute atomic E-state index is 0.00337. The Kier molecular flexibility index (Phi) is 3.60. The Morgan fingerprint density at radius 2 is 2.05 bits per heavy atom. The van der Waals surface area contributed by atoms with E-state index in [1.807, 2.05) is 24.3 Å². The van der Waals surface area contributed by atoms with Crippen molar-refractivity contribution in [1.29, 1.82) is 0 Å². The number of hydrogen-bond donors (Lipinski definition) is 1. The molecule has 0 fully saturated rings. The molecule has 0 unspecified atom stereocenters. The van der Waals surface area contributed by atoms with E-state index < -0.39 is 11.7 Å². The molecule has 2 aromatic carbocycles. The van der Waals surface area contributed by atoms with Crippen molar-refractivity contribution in [3.8, 4) is 5.75 Å². The smallest absolute Gasteiger partial charge is 0.251 e. The fourth-order valence-corrected chi connectivity index (χ4v) is 2.85. The number of halogens is 1. The normalized spacial score (nSPS) is 16.9. The summed E-state index contributed by atoms with van der Waals surface area (Å²) in [6, 6.07) is 12.5. The second kappa shape index (κ2) is 5.56. The van der Waals surface area contributed by atoms with Crippen LogP contribution in [0.3, 0.4) is 0 Å². The van der Waals surface area contributed by atoms with Gasteiger partial charge in [-0.25, -0.2) is 4.39 Å². The van der Waals surface area contributed by atoms with E-state index in [0.29, 0.717) is 18.6 Å². The summed E-state index contributed by atoms with van der Waals surface area (Å²) >= 11 is 0. The molecule has 1 aliphatic heterocycles. The summed E-state index contributed by atoms with van der Waals surface area (Å²) in [6.45, 7) is 0.561. The largest absolute Gasteiger partial charge is 0.493 e. The van der Waals surface area contributed by atoms with Crippen molar-refractivity contribution in [2.24, 2.45) is 11.7 Å². The Balaban J connectivity index is 1.83. The molecule has 0 aliphatic carbocycles. The van der Waals surface area contributed by atoms with E-state index in [9.17, 15) is 9.18 Å². The molecule has 0 saturated heterocycles. The second-order valence-corrected chi connectivity index (χ2v) is 5.33. The van der Waals surface area contributed by atoms with Gasteiger partial charge in [0.1, 0.15) is 11.6 Å². The van der Waals surface area contributed by atoms with Gasteiger partial charge in [-0.15, -0.1) is 0 Å². The zero-order valence-corrected chi connectivity index (χ0v) is 11.5. The highest BCUT2D eigenvalue weighted by molar-refractivity contribution is 5.94. The zero-order chi connectivity index (χ0) is 14.8. The zero-order valence-electron chi connectivity index (χ0n) is 11.5. The van der Waals surface area contributed by atoms with Gasteiger partial charge >= 0.3 is 0 Å². The van der Waals surface area contributed by atoms with E-state index in [1.165, 1.54) is 6.07 Å². The van der Waals surface area contributed by atoms with Crippen molar-refractivity contribution in [3.05, 3.63) is 65.0 Å². The Hall–Kier alpha value is -2.36. The van der Waals surface area contributed by atoms with Crippen molar-refractivity contribution in [2.45, 2.75) is 12.8 Å². The van der Waals surface area contributed by atoms with Crippen LogP contribution >= 0.6 is 0 Å². The van der Waals surface area contributed by atoms with Crippen LogP contribution in [-0.2, 0) is 12.8 Å². The van der Waals surface area contributed by atoms with Crippen LogP contribution in [0.4, 0.5) is 4.39 Å². The van der Waals surface area contributed by atoms with Crippen LogP contribution < -0.4 is 10.5 Å². The number of ether oxygens (including phenoxy) is 1. The lowest BCUT2D eigenvalue weighted by molar-refractivity contribution is 0.0995. The number of benzene rings is 2. The second-order valence-electron chi connectivity index (χ2n) is 5.33. The number of rotatable bonds is 3. The van der Waals surface area contributed by atoms with Gasteiger partial charge in [0.05, 0.1) is 12.2 Å². The van der Waals surface area contributed by atoms with E-state index in [0.717, 1.165) is 17.7 Å². The minimum atomic E-state index is -0.722. The first-order valence-electron chi connectivity index (χ1n) is 6.93. The van der Waals surface area contributed by atoms with Crippen molar-refractivity contribution < 1.29 is 13.9 Å². The Morgan fingerprint density at radius 3 is 2.86 bits per heavy atom. The molecule has 0 aromatic heterocycles. The topological polar surface area (TPSA) is 52.3 Å². The molecule has 3 nitrogen and oxygen atoms in total. The highest BCUT2D eigenvalue weighted by Crippen LogP contribution is 2.29. The number of nitrogens with two attached hydrogens (primary N) is 1. The van der Waals surface area contributed by atoms with Gasteiger partial charge < -0.3 is 10.5 Å². The van der Waals surface area contributed by atoms with E-state index in [1.54, 1.807) is 12.1 Å². The Labute approximate surface area is 122 Å². The average molecular weight is 285 g/mol. The third kappa shape index (κ3) is 2.75. The van der Waals surface area contributed by atoms with Gasteiger partial charge in [-0.2, -0.15) is 0 Å².